The van der Waals surface area contributed by atoms with Crippen LogP contribution < -0.4 is 10.6 Å². The van der Waals surface area contributed by atoms with Gasteiger partial charge in [0.25, 0.3) is 5.79 Å². The van der Waals surface area contributed by atoms with Crippen LogP contribution in [0, 0.1) is 0 Å². The molecule has 14 atom stereocenters. The van der Waals surface area contributed by atoms with Crippen LogP contribution in [-0.2, 0) is 33.3 Å². The smallest absolute Gasteiger partial charge is 0.335 e. The third-order valence-electron chi connectivity index (χ3n) is 7.01. The molecule has 0 aromatic carbocycles. The molecule has 5 unspecified atom stereocenters. The summed E-state index contributed by atoms with van der Waals surface area (Å²) >= 11 is 0. The summed E-state index contributed by atoms with van der Waals surface area (Å²) in [6.07, 6.45) is -16.4. The van der Waals surface area contributed by atoms with E-state index in [0.717, 1.165) is 0 Å². The summed E-state index contributed by atoms with van der Waals surface area (Å²) in [7, 11) is 3.04. The van der Waals surface area contributed by atoms with E-state index in [2.05, 4.69) is 10.6 Å². The molecule has 0 aromatic rings. The van der Waals surface area contributed by atoms with Gasteiger partial charge in [0.2, 0.25) is 6.29 Å². The quantitative estimate of drug-likeness (QED) is 0.174. The lowest BCUT2D eigenvalue weighted by molar-refractivity contribution is -0.428. The second kappa shape index (κ2) is 9.85. The zero-order chi connectivity index (χ0) is 25.8. The van der Waals surface area contributed by atoms with Crippen molar-refractivity contribution >= 4 is 11.8 Å². The molecule has 3 saturated heterocycles. The van der Waals surface area contributed by atoms with E-state index < -0.39 is 97.1 Å². The number of likely N-dealkylation sites (N-methyl/N-ethyl adjacent to an activating group) is 2. The van der Waals surface area contributed by atoms with Gasteiger partial charge in [-0.2, -0.15) is 0 Å². The van der Waals surface area contributed by atoms with Crippen LogP contribution in [0.25, 0.3) is 0 Å². The highest BCUT2D eigenvalue weighted by atomic mass is 16.8. The Hall–Kier alpha value is -1.34. The van der Waals surface area contributed by atoms with Crippen molar-refractivity contribution in [2.24, 2.45) is 0 Å². The number of fused-ring (bicyclic) bond motifs is 2. The molecule has 15 nitrogen and oxygen atoms in total. The molecule has 200 valence electrons. The number of rotatable bonds is 5. The number of carboxylic acid groups (broad SMARTS) is 1. The van der Waals surface area contributed by atoms with E-state index in [1.54, 1.807) is 6.92 Å². The summed E-state index contributed by atoms with van der Waals surface area (Å²) in [5.41, 5.74) is 0. The second-order valence-electron chi connectivity index (χ2n) is 9.24. The second-order valence-corrected chi connectivity index (χ2v) is 9.24. The Kier molecular flexibility index (Phi) is 7.52. The van der Waals surface area contributed by atoms with Crippen molar-refractivity contribution in [2.45, 2.75) is 98.7 Å². The van der Waals surface area contributed by atoms with E-state index in [4.69, 9.17) is 23.7 Å². The maximum absolute atomic E-state index is 12.6. The molecule has 0 spiro atoms. The molecule has 8 N–H and O–H groups in total. The van der Waals surface area contributed by atoms with Gasteiger partial charge in [-0.05, 0) is 21.0 Å². The number of ketones is 1. The summed E-state index contributed by atoms with van der Waals surface area (Å²) < 4.78 is 28.5. The van der Waals surface area contributed by atoms with Gasteiger partial charge in [0.15, 0.2) is 18.2 Å². The molecule has 0 bridgehead atoms. The van der Waals surface area contributed by atoms with Gasteiger partial charge in [0.05, 0.1) is 24.3 Å². The van der Waals surface area contributed by atoms with E-state index in [1.807, 2.05) is 0 Å². The molecule has 4 aliphatic rings. The van der Waals surface area contributed by atoms with Gasteiger partial charge in [-0.3, -0.25) is 4.79 Å². The van der Waals surface area contributed by atoms with Crippen LogP contribution in [0.1, 0.15) is 13.3 Å². The fourth-order valence-corrected chi connectivity index (χ4v) is 5.14. The molecule has 4 fully saturated rings. The van der Waals surface area contributed by atoms with Crippen molar-refractivity contribution in [3.8, 4) is 0 Å². The molecule has 0 radical (unpaired) electrons. The van der Waals surface area contributed by atoms with Gasteiger partial charge in [-0.25, -0.2) is 4.79 Å². The van der Waals surface area contributed by atoms with E-state index >= 15 is 0 Å². The summed E-state index contributed by atoms with van der Waals surface area (Å²) in [5, 5.41) is 67.6. The van der Waals surface area contributed by atoms with Crippen molar-refractivity contribution in [2.75, 3.05) is 14.1 Å². The lowest BCUT2D eigenvalue weighted by atomic mass is 9.79. The first-order chi connectivity index (χ1) is 16.4. The third-order valence-corrected chi connectivity index (χ3v) is 7.01. The average molecular weight is 508 g/mol. The largest absolute Gasteiger partial charge is 0.479 e. The molecule has 1 aliphatic carbocycles. The number of aliphatic carboxylic acids is 1. The molecule has 0 amide bonds. The topological polar surface area (TPSA) is 226 Å². The first-order valence-electron chi connectivity index (χ1n) is 11.3. The minimum absolute atomic E-state index is 0.127. The zero-order valence-electron chi connectivity index (χ0n) is 19.3. The predicted octanol–water partition coefficient (Wildman–Crippen LogP) is -5.01. The van der Waals surface area contributed by atoms with E-state index in [0.29, 0.717) is 0 Å². The highest BCUT2D eigenvalue weighted by Gasteiger charge is 2.64. The average Bonchev–Trinajstić information content (AvgIpc) is 2.79. The van der Waals surface area contributed by atoms with Gasteiger partial charge >= 0.3 is 5.97 Å². The van der Waals surface area contributed by atoms with E-state index in [-0.39, 0.29) is 6.42 Å². The predicted molar refractivity (Wildman–Crippen MR) is 110 cm³/mol. The van der Waals surface area contributed by atoms with E-state index in [9.17, 15) is 40.2 Å². The van der Waals surface area contributed by atoms with Crippen LogP contribution in [0.4, 0.5) is 0 Å². The number of aliphatic hydroxyl groups is 5. The van der Waals surface area contributed by atoms with Gasteiger partial charge in [-0.1, -0.05) is 0 Å². The molecule has 15 heteroatoms. The lowest BCUT2D eigenvalue weighted by Gasteiger charge is -2.56. The Labute approximate surface area is 199 Å². The van der Waals surface area contributed by atoms with Crippen molar-refractivity contribution in [1.29, 1.82) is 0 Å². The Morgan fingerprint density at radius 3 is 2.23 bits per heavy atom. The van der Waals surface area contributed by atoms with Crippen LogP contribution >= 0.6 is 0 Å². The lowest BCUT2D eigenvalue weighted by Crippen LogP contribution is -2.78. The number of carbonyl (C=O) groups excluding carboxylic acids is 1. The maximum atomic E-state index is 12.6. The standard InChI is InChI=1S/C20H32N2O13/c1-5-4-6(23)20(30)19(31-5)34-16-13(7(21-2)9(24)8(22-3)14(16)35-20)32-18-12(27)10(25)11(26)15(33-18)17(28)29/h5,7-16,18-19,21-22,24-27,30H,4H2,1-3H3,(H,28,29)/t5-,7-,8+,9+,10?,11?,12?,13+,14-,15?,16-,18?,19+,20+/m1/s1. The van der Waals surface area contributed by atoms with Crippen molar-refractivity contribution in [1.82, 2.24) is 10.6 Å². The highest BCUT2D eigenvalue weighted by Crippen LogP contribution is 2.41. The molecular formula is C20H32N2O13. The minimum Gasteiger partial charge on any atom is -0.479 e. The van der Waals surface area contributed by atoms with Crippen molar-refractivity contribution in [3.63, 3.8) is 0 Å². The highest BCUT2D eigenvalue weighted by molar-refractivity contribution is 5.87. The molecule has 3 heterocycles. The summed E-state index contributed by atoms with van der Waals surface area (Å²) in [5.74, 6) is -4.69. The fourth-order valence-electron chi connectivity index (χ4n) is 5.14. The number of carboxylic acids is 1. The Balaban J connectivity index is 1.66. The number of Topliss-reactive ketones (excluding diaryl/α,β-unsaturated/α-hetero) is 1. The van der Waals surface area contributed by atoms with Crippen LogP contribution in [0.2, 0.25) is 0 Å². The monoisotopic (exact) mass is 508 g/mol. The number of nitrogens with one attached hydrogen (secondary N) is 2. The third kappa shape index (κ3) is 4.39. The summed E-state index contributed by atoms with van der Waals surface area (Å²) in [6.45, 7) is 1.61. The number of ether oxygens (including phenoxy) is 5. The van der Waals surface area contributed by atoms with Crippen LogP contribution in [0.5, 0.6) is 0 Å². The summed E-state index contributed by atoms with van der Waals surface area (Å²) in [4.78, 5) is 24.1. The van der Waals surface area contributed by atoms with Crippen LogP contribution in [0.3, 0.4) is 0 Å². The van der Waals surface area contributed by atoms with Gasteiger partial charge in [0, 0.05) is 6.42 Å². The van der Waals surface area contributed by atoms with Gasteiger partial charge in [0.1, 0.15) is 36.6 Å². The van der Waals surface area contributed by atoms with Crippen LogP contribution in [0.15, 0.2) is 0 Å². The maximum Gasteiger partial charge on any atom is 0.335 e. The molecule has 4 rings (SSSR count). The van der Waals surface area contributed by atoms with Gasteiger partial charge < -0.3 is 65.0 Å². The fraction of sp³-hybridized carbons (Fsp3) is 0.900. The van der Waals surface area contributed by atoms with E-state index in [1.165, 1.54) is 14.1 Å². The van der Waals surface area contributed by atoms with Crippen molar-refractivity contribution < 1.29 is 63.9 Å². The number of aliphatic hydroxyl groups excluding tert-OH is 4. The minimum atomic E-state index is -2.44. The van der Waals surface area contributed by atoms with Gasteiger partial charge in [-0.15, -0.1) is 0 Å². The molecule has 0 aromatic heterocycles. The number of carbonyl (C=O) groups is 2. The number of hydrogen-bond acceptors (Lipinski definition) is 14. The Morgan fingerprint density at radius 1 is 0.971 bits per heavy atom. The van der Waals surface area contributed by atoms with Crippen molar-refractivity contribution in [3.05, 3.63) is 0 Å². The number of hydrogen-bond donors (Lipinski definition) is 8. The summed E-state index contributed by atoms with van der Waals surface area (Å²) in [6, 6.07) is -1.80. The zero-order valence-corrected chi connectivity index (χ0v) is 19.3. The van der Waals surface area contributed by atoms with Crippen LogP contribution in [-0.4, -0.2) is 142 Å². The molecular weight excluding hydrogens is 476 g/mol. The first-order valence-corrected chi connectivity index (χ1v) is 11.3. The SMILES string of the molecule is CN[C@@H]1[C@H](O)[C@H](NC)[C@H]2O[C@@]3(O)C(=O)C[C@@H](C)O[C@H]3O[C@@H]2[C@H]1OC1OC(C(=O)O)C(O)C(O)C1O. The first kappa shape index (κ1) is 26.7. The molecule has 1 saturated carbocycles. The molecule has 35 heavy (non-hydrogen) atoms. The molecule has 3 aliphatic heterocycles. The Morgan fingerprint density at radius 2 is 1.63 bits per heavy atom. The Bertz CT molecular complexity index is 818. The normalized spacial score (nSPS) is 52.5.